The lowest BCUT2D eigenvalue weighted by atomic mass is 9.99. The van der Waals surface area contributed by atoms with Crippen LogP contribution in [0.15, 0.2) is 54.9 Å². The van der Waals surface area contributed by atoms with Crippen LogP contribution in [0.1, 0.15) is 24.2 Å². The topological polar surface area (TPSA) is 65.4 Å². The highest BCUT2D eigenvalue weighted by molar-refractivity contribution is 5.92. The number of benzene rings is 2. The number of carbonyl (C=O) groups excluding carboxylic acids is 1. The van der Waals surface area contributed by atoms with Crippen LogP contribution in [-0.4, -0.2) is 28.7 Å². The van der Waals surface area contributed by atoms with E-state index in [0.717, 1.165) is 17.1 Å². The minimum Gasteiger partial charge on any atom is -0.489 e. The van der Waals surface area contributed by atoms with Crippen molar-refractivity contribution >= 4 is 24.0 Å². The Morgan fingerprint density at radius 2 is 1.97 bits per heavy atom. The number of halogens is 2. The number of carbonyl (C=O) groups is 1. The second kappa shape index (κ2) is 10.4. The van der Waals surface area contributed by atoms with Crippen molar-refractivity contribution in [3.8, 4) is 11.4 Å². The number of nitrogens with zero attached hydrogens (tertiary/aromatic N) is 2. The number of rotatable bonds is 6. The van der Waals surface area contributed by atoms with E-state index in [1.54, 1.807) is 12.3 Å². The summed E-state index contributed by atoms with van der Waals surface area (Å²) in [5, 5.41) is 2.80. The third kappa shape index (κ3) is 5.83. The molecule has 0 aliphatic carbocycles. The van der Waals surface area contributed by atoms with Crippen LogP contribution in [0.2, 0.25) is 0 Å². The van der Waals surface area contributed by atoms with E-state index in [1.165, 1.54) is 12.1 Å². The molecule has 1 N–H and O–H groups in total. The zero-order valence-electron chi connectivity index (χ0n) is 17.2. The molecule has 1 aliphatic rings. The minimum absolute atomic E-state index is 0. The van der Waals surface area contributed by atoms with Crippen LogP contribution >= 0.6 is 12.4 Å². The molecule has 1 saturated heterocycles. The molecule has 0 unspecified atom stereocenters. The summed E-state index contributed by atoms with van der Waals surface area (Å²) in [5.41, 5.74) is 2.36. The van der Waals surface area contributed by atoms with E-state index in [4.69, 9.17) is 9.47 Å². The Morgan fingerprint density at radius 3 is 2.65 bits per heavy atom. The van der Waals surface area contributed by atoms with E-state index >= 15 is 0 Å². The van der Waals surface area contributed by atoms with E-state index in [1.807, 2.05) is 42.0 Å². The van der Waals surface area contributed by atoms with Gasteiger partial charge in [0.25, 0.3) is 0 Å². The number of anilines is 1. The quantitative estimate of drug-likeness (QED) is 0.598. The molecule has 1 aromatic heterocycles. The number of amides is 1. The summed E-state index contributed by atoms with van der Waals surface area (Å²) in [6, 6.07) is 12.1. The molecular weight excluding hydrogens is 421 g/mol. The van der Waals surface area contributed by atoms with Crippen LogP contribution in [-0.2, 0) is 16.1 Å². The van der Waals surface area contributed by atoms with Crippen LogP contribution in [0.4, 0.5) is 10.1 Å². The van der Waals surface area contributed by atoms with Crippen LogP contribution in [0.25, 0.3) is 5.69 Å². The van der Waals surface area contributed by atoms with Gasteiger partial charge in [0.2, 0.25) is 5.91 Å². The molecule has 164 valence electrons. The van der Waals surface area contributed by atoms with Gasteiger partial charge in [-0.05, 0) is 43.5 Å². The first-order valence-electron chi connectivity index (χ1n) is 10.00. The van der Waals surface area contributed by atoms with Crippen LogP contribution < -0.4 is 10.1 Å². The van der Waals surface area contributed by atoms with Crippen molar-refractivity contribution in [2.45, 2.75) is 26.4 Å². The van der Waals surface area contributed by atoms with Gasteiger partial charge >= 0.3 is 0 Å². The summed E-state index contributed by atoms with van der Waals surface area (Å²) in [6.07, 6.45) is 5.02. The molecule has 2 aromatic carbocycles. The third-order valence-corrected chi connectivity index (χ3v) is 5.18. The summed E-state index contributed by atoms with van der Waals surface area (Å²) in [7, 11) is 0. The number of hydrogen-bond acceptors (Lipinski definition) is 4. The van der Waals surface area contributed by atoms with Gasteiger partial charge in [-0.3, -0.25) is 4.79 Å². The van der Waals surface area contributed by atoms with E-state index < -0.39 is 5.82 Å². The maximum atomic E-state index is 14.0. The Hall–Kier alpha value is -2.90. The molecule has 0 atom stereocenters. The average Bonchev–Trinajstić information content (AvgIpc) is 3.19. The van der Waals surface area contributed by atoms with Gasteiger partial charge in [-0.15, -0.1) is 12.4 Å². The lowest BCUT2D eigenvalue weighted by Gasteiger charge is -2.21. The summed E-state index contributed by atoms with van der Waals surface area (Å²) in [5.74, 6) is 0.603. The smallest absolute Gasteiger partial charge is 0.227 e. The van der Waals surface area contributed by atoms with Gasteiger partial charge in [0, 0.05) is 55.0 Å². The fourth-order valence-electron chi connectivity index (χ4n) is 3.49. The fourth-order valence-corrected chi connectivity index (χ4v) is 3.49. The summed E-state index contributed by atoms with van der Waals surface area (Å²) in [4.78, 5) is 16.6. The van der Waals surface area contributed by atoms with Crippen LogP contribution in [0.5, 0.6) is 5.75 Å². The number of nitrogens with one attached hydrogen (secondary N) is 1. The molecular formula is C23H25ClFN3O3. The molecule has 0 spiro atoms. The third-order valence-electron chi connectivity index (χ3n) is 5.18. The molecule has 1 fully saturated rings. The highest BCUT2D eigenvalue weighted by Gasteiger charge is 2.21. The Labute approximate surface area is 186 Å². The second-order valence-corrected chi connectivity index (χ2v) is 7.35. The predicted octanol–water partition coefficient (Wildman–Crippen LogP) is 4.69. The number of hydrogen-bond donors (Lipinski definition) is 1. The van der Waals surface area contributed by atoms with Gasteiger partial charge in [-0.2, -0.15) is 0 Å². The zero-order valence-corrected chi connectivity index (χ0v) is 18.0. The maximum absolute atomic E-state index is 14.0. The van der Waals surface area contributed by atoms with Crippen molar-refractivity contribution in [1.29, 1.82) is 0 Å². The molecule has 31 heavy (non-hydrogen) atoms. The SMILES string of the molecule is Cc1nccn1-c1ccc(COc2cc(F)cc(NC(=O)C3CCOCC3)c2)cc1.Cl. The first-order valence-corrected chi connectivity index (χ1v) is 10.00. The van der Waals surface area contributed by atoms with Crippen molar-refractivity contribution in [3.63, 3.8) is 0 Å². The summed E-state index contributed by atoms with van der Waals surface area (Å²) in [6.45, 7) is 3.39. The van der Waals surface area contributed by atoms with Crippen molar-refractivity contribution in [1.82, 2.24) is 9.55 Å². The lowest BCUT2D eigenvalue weighted by Crippen LogP contribution is -2.28. The number of ether oxygens (including phenoxy) is 2. The van der Waals surface area contributed by atoms with E-state index in [2.05, 4.69) is 10.3 Å². The Kier molecular flexibility index (Phi) is 7.65. The zero-order chi connectivity index (χ0) is 20.9. The van der Waals surface area contributed by atoms with Crippen LogP contribution in [0, 0.1) is 18.7 Å². The van der Waals surface area contributed by atoms with Gasteiger partial charge in [-0.1, -0.05) is 12.1 Å². The number of aromatic nitrogens is 2. The van der Waals surface area contributed by atoms with Crippen LogP contribution in [0.3, 0.4) is 0 Å². The van der Waals surface area contributed by atoms with E-state index in [0.29, 0.717) is 44.1 Å². The number of aryl methyl sites for hydroxylation is 1. The first kappa shape index (κ1) is 22.8. The van der Waals surface area contributed by atoms with Crippen molar-refractivity contribution in [2.24, 2.45) is 5.92 Å². The summed E-state index contributed by atoms with van der Waals surface area (Å²) >= 11 is 0. The highest BCUT2D eigenvalue weighted by atomic mass is 35.5. The average molecular weight is 446 g/mol. The fraction of sp³-hybridized carbons (Fsp3) is 0.304. The largest absolute Gasteiger partial charge is 0.489 e. The van der Waals surface area contributed by atoms with Crippen molar-refractivity contribution < 1.29 is 18.7 Å². The van der Waals surface area contributed by atoms with Crippen molar-refractivity contribution in [3.05, 3.63) is 72.1 Å². The molecule has 2 heterocycles. The number of imidazole rings is 1. The molecule has 3 aromatic rings. The van der Waals surface area contributed by atoms with Gasteiger partial charge in [0.15, 0.2) is 0 Å². The normalized spacial score (nSPS) is 14.0. The van der Waals surface area contributed by atoms with E-state index in [-0.39, 0.29) is 24.2 Å². The van der Waals surface area contributed by atoms with Gasteiger partial charge < -0.3 is 19.4 Å². The second-order valence-electron chi connectivity index (χ2n) is 7.35. The Bertz CT molecular complexity index is 1020. The standard InChI is InChI=1S/C23H24FN3O3.ClH/c1-16-25-8-9-27(16)21-4-2-17(3-5-21)15-30-22-13-19(24)12-20(14-22)26-23(28)18-6-10-29-11-7-18;/h2-5,8-9,12-14,18H,6-7,10-11,15H2,1H3,(H,26,28);1H. The van der Waals surface area contributed by atoms with E-state index in [9.17, 15) is 9.18 Å². The molecule has 4 rings (SSSR count). The Balaban J connectivity index is 0.00000272. The maximum Gasteiger partial charge on any atom is 0.227 e. The lowest BCUT2D eigenvalue weighted by molar-refractivity contribution is -0.122. The minimum atomic E-state index is -0.458. The molecule has 6 nitrogen and oxygen atoms in total. The van der Waals surface area contributed by atoms with Crippen molar-refractivity contribution in [2.75, 3.05) is 18.5 Å². The predicted molar refractivity (Wildman–Crippen MR) is 118 cm³/mol. The molecule has 1 amide bonds. The Morgan fingerprint density at radius 1 is 1.23 bits per heavy atom. The molecule has 0 saturated carbocycles. The first-order chi connectivity index (χ1) is 14.6. The van der Waals surface area contributed by atoms with Gasteiger partial charge in [0.05, 0.1) is 0 Å². The summed E-state index contributed by atoms with van der Waals surface area (Å²) < 4.78 is 27.1. The molecule has 0 radical (unpaired) electrons. The molecule has 8 heteroatoms. The van der Waals surface area contributed by atoms with Gasteiger partial charge in [-0.25, -0.2) is 9.37 Å². The highest BCUT2D eigenvalue weighted by Crippen LogP contribution is 2.24. The molecule has 0 bridgehead atoms. The molecule has 1 aliphatic heterocycles. The monoisotopic (exact) mass is 445 g/mol. The van der Waals surface area contributed by atoms with Gasteiger partial charge in [0.1, 0.15) is 24.0 Å².